The molecule has 0 bridgehead atoms. The van der Waals surface area contributed by atoms with E-state index in [2.05, 4.69) is 10.6 Å². The number of halogens is 2. The third-order valence-electron chi connectivity index (χ3n) is 3.69. The number of rotatable bonds is 7. The van der Waals surface area contributed by atoms with E-state index in [1.807, 2.05) is 0 Å². The Bertz CT molecular complexity index is 779. The number of nitrogens with one attached hydrogen (secondary N) is 2. The number of hydrogen-bond acceptors (Lipinski definition) is 3. The minimum absolute atomic E-state index is 0.150. The third-order valence-corrected chi connectivity index (χ3v) is 3.94. The normalized spacial score (nSPS) is 10.3. The van der Waals surface area contributed by atoms with E-state index in [0.29, 0.717) is 29.4 Å². The van der Waals surface area contributed by atoms with Crippen LogP contribution in [0, 0.1) is 5.82 Å². The molecule has 0 heterocycles. The molecule has 2 rings (SSSR count). The summed E-state index contributed by atoms with van der Waals surface area (Å²) in [5.41, 5.74) is 1.33. The molecular formula is C19H21ClFN3O2. The van der Waals surface area contributed by atoms with Crippen LogP contribution in [0.5, 0.6) is 0 Å². The van der Waals surface area contributed by atoms with Gasteiger partial charge in [0.1, 0.15) is 5.82 Å². The quantitative estimate of drug-likeness (QED) is 0.723. The molecule has 138 valence electrons. The first kappa shape index (κ1) is 19.7. The van der Waals surface area contributed by atoms with Gasteiger partial charge in [0.05, 0.1) is 5.69 Å². The Labute approximate surface area is 157 Å². The van der Waals surface area contributed by atoms with Gasteiger partial charge in [-0.05, 0) is 48.9 Å². The molecule has 0 aliphatic rings. The lowest BCUT2D eigenvalue weighted by atomic mass is 10.1. The predicted octanol–water partition coefficient (Wildman–Crippen LogP) is 3.69. The van der Waals surface area contributed by atoms with Crippen molar-refractivity contribution < 1.29 is 14.0 Å². The molecule has 0 unspecified atom stereocenters. The first-order chi connectivity index (χ1) is 12.4. The number of benzene rings is 2. The predicted molar refractivity (Wildman–Crippen MR) is 102 cm³/mol. The molecule has 0 aliphatic heterocycles. The highest BCUT2D eigenvalue weighted by Crippen LogP contribution is 2.18. The van der Waals surface area contributed by atoms with Gasteiger partial charge in [-0.2, -0.15) is 0 Å². The van der Waals surface area contributed by atoms with E-state index >= 15 is 0 Å². The molecule has 7 heteroatoms. The number of anilines is 2. The molecule has 0 fully saturated rings. The largest absolute Gasteiger partial charge is 0.375 e. The van der Waals surface area contributed by atoms with Crippen LogP contribution in [-0.4, -0.2) is 32.5 Å². The van der Waals surface area contributed by atoms with Gasteiger partial charge >= 0.3 is 0 Å². The molecule has 2 aromatic carbocycles. The maximum Gasteiger partial charge on any atom is 0.251 e. The summed E-state index contributed by atoms with van der Waals surface area (Å²) < 4.78 is 13.9. The molecule has 0 saturated carbocycles. The number of carbonyl (C=O) groups excluding carboxylic acids is 2. The summed E-state index contributed by atoms with van der Waals surface area (Å²) in [6.45, 7) is 0.323. The summed E-state index contributed by atoms with van der Waals surface area (Å²) in [7, 11) is 3.46. The van der Waals surface area contributed by atoms with Crippen molar-refractivity contribution >= 4 is 34.8 Å². The van der Waals surface area contributed by atoms with Crippen LogP contribution in [0.15, 0.2) is 42.5 Å². The monoisotopic (exact) mass is 377 g/mol. The Hall–Kier alpha value is -2.60. The number of hydrogen-bond donors (Lipinski definition) is 2. The van der Waals surface area contributed by atoms with Gasteiger partial charge in [0, 0.05) is 43.3 Å². The fourth-order valence-electron chi connectivity index (χ4n) is 2.32. The molecular weight excluding hydrogens is 357 g/mol. The maximum atomic E-state index is 13.9. The van der Waals surface area contributed by atoms with E-state index in [0.717, 1.165) is 0 Å². The van der Waals surface area contributed by atoms with E-state index in [1.165, 1.54) is 6.07 Å². The summed E-state index contributed by atoms with van der Waals surface area (Å²) in [5, 5.41) is 6.03. The summed E-state index contributed by atoms with van der Waals surface area (Å²) in [6, 6.07) is 11.2. The van der Waals surface area contributed by atoms with Crippen molar-refractivity contribution in [3.05, 3.63) is 58.9 Å². The average Bonchev–Trinajstić information content (AvgIpc) is 2.60. The van der Waals surface area contributed by atoms with Crippen LogP contribution < -0.4 is 15.5 Å². The van der Waals surface area contributed by atoms with Gasteiger partial charge in [0.15, 0.2) is 0 Å². The minimum atomic E-state index is -0.454. The molecule has 2 aromatic rings. The number of amides is 2. The van der Waals surface area contributed by atoms with Crippen LogP contribution in [-0.2, 0) is 4.79 Å². The second-order valence-electron chi connectivity index (χ2n) is 5.98. The smallest absolute Gasteiger partial charge is 0.251 e. The topological polar surface area (TPSA) is 61.4 Å². The van der Waals surface area contributed by atoms with Gasteiger partial charge in [-0.25, -0.2) is 4.39 Å². The molecule has 5 nitrogen and oxygen atoms in total. The van der Waals surface area contributed by atoms with E-state index in [1.54, 1.807) is 55.4 Å². The average molecular weight is 378 g/mol. The molecule has 2 amide bonds. The van der Waals surface area contributed by atoms with Crippen molar-refractivity contribution in [2.45, 2.75) is 12.8 Å². The third kappa shape index (κ3) is 5.74. The van der Waals surface area contributed by atoms with E-state index in [-0.39, 0.29) is 23.8 Å². The SMILES string of the molecule is CN(C)c1ccc(C(=O)NCCCC(=O)Nc2ccc(Cl)cc2)cc1F. The van der Waals surface area contributed by atoms with Gasteiger partial charge in [-0.15, -0.1) is 0 Å². The number of nitrogens with zero attached hydrogens (tertiary/aromatic N) is 1. The molecule has 2 N–H and O–H groups in total. The van der Waals surface area contributed by atoms with Gasteiger partial charge in [-0.1, -0.05) is 11.6 Å². The lowest BCUT2D eigenvalue weighted by Gasteiger charge is -2.14. The summed E-state index contributed by atoms with van der Waals surface area (Å²) in [4.78, 5) is 25.5. The van der Waals surface area contributed by atoms with Crippen molar-refractivity contribution in [1.29, 1.82) is 0 Å². The fraction of sp³-hybridized carbons (Fsp3) is 0.263. The molecule has 26 heavy (non-hydrogen) atoms. The zero-order valence-electron chi connectivity index (χ0n) is 14.7. The molecule has 0 aromatic heterocycles. The summed E-state index contributed by atoms with van der Waals surface area (Å²) in [6.07, 6.45) is 0.736. The Morgan fingerprint density at radius 2 is 1.81 bits per heavy atom. The van der Waals surface area contributed by atoms with Gasteiger partial charge < -0.3 is 15.5 Å². The first-order valence-electron chi connectivity index (χ1n) is 8.17. The maximum absolute atomic E-state index is 13.9. The standard InChI is InChI=1S/C19H21ClFN3O2/c1-24(2)17-10-5-13(12-16(17)21)19(26)22-11-3-4-18(25)23-15-8-6-14(20)7-9-15/h5-10,12H,3-4,11H2,1-2H3,(H,22,26)(H,23,25). The van der Waals surface area contributed by atoms with Crippen LogP contribution in [0.2, 0.25) is 5.02 Å². The lowest BCUT2D eigenvalue weighted by molar-refractivity contribution is -0.116. The molecule has 0 spiro atoms. The second kappa shape index (κ2) is 9.20. The highest BCUT2D eigenvalue weighted by Gasteiger charge is 2.11. The van der Waals surface area contributed by atoms with Crippen molar-refractivity contribution in [3.63, 3.8) is 0 Å². The molecule has 0 atom stereocenters. The molecule has 0 radical (unpaired) electrons. The minimum Gasteiger partial charge on any atom is -0.375 e. The highest BCUT2D eigenvalue weighted by atomic mass is 35.5. The van der Waals surface area contributed by atoms with E-state index < -0.39 is 5.82 Å². The van der Waals surface area contributed by atoms with Crippen molar-refractivity contribution in [1.82, 2.24) is 5.32 Å². The van der Waals surface area contributed by atoms with Crippen molar-refractivity contribution in [3.8, 4) is 0 Å². The Kier molecular flexibility index (Phi) is 6.97. The molecule has 0 saturated heterocycles. The second-order valence-corrected chi connectivity index (χ2v) is 6.41. The fourth-order valence-corrected chi connectivity index (χ4v) is 2.45. The summed E-state index contributed by atoms with van der Waals surface area (Å²) in [5.74, 6) is -0.972. The first-order valence-corrected chi connectivity index (χ1v) is 8.55. The zero-order valence-corrected chi connectivity index (χ0v) is 15.4. The van der Waals surface area contributed by atoms with Crippen molar-refractivity contribution in [2.24, 2.45) is 0 Å². The number of carbonyl (C=O) groups is 2. The van der Waals surface area contributed by atoms with Gasteiger partial charge in [0.2, 0.25) is 5.91 Å². The molecule has 0 aliphatic carbocycles. The van der Waals surface area contributed by atoms with Crippen LogP contribution in [0.1, 0.15) is 23.2 Å². The lowest BCUT2D eigenvalue weighted by Crippen LogP contribution is -2.25. The van der Waals surface area contributed by atoms with Crippen molar-refractivity contribution in [2.75, 3.05) is 30.9 Å². The van der Waals surface area contributed by atoms with Gasteiger partial charge in [0.25, 0.3) is 5.91 Å². The Morgan fingerprint density at radius 1 is 1.12 bits per heavy atom. The summed E-state index contributed by atoms with van der Waals surface area (Å²) >= 11 is 5.79. The Morgan fingerprint density at radius 3 is 2.42 bits per heavy atom. The van der Waals surface area contributed by atoms with Crippen LogP contribution in [0.4, 0.5) is 15.8 Å². The Balaban J connectivity index is 1.75. The van der Waals surface area contributed by atoms with Crippen LogP contribution in [0.25, 0.3) is 0 Å². The van der Waals surface area contributed by atoms with Crippen LogP contribution >= 0.6 is 11.6 Å². The van der Waals surface area contributed by atoms with E-state index in [4.69, 9.17) is 11.6 Å². The zero-order chi connectivity index (χ0) is 19.1. The van der Waals surface area contributed by atoms with Gasteiger partial charge in [-0.3, -0.25) is 9.59 Å². The highest BCUT2D eigenvalue weighted by molar-refractivity contribution is 6.30. The van der Waals surface area contributed by atoms with E-state index in [9.17, 15) is 14.0 Å². The van der Waals surface area contributed by atoms with Crippen LogP contribution in [0.3, 0.4) is 0 Å².